The standard InChI is InChI=1S/C24H30O8/c1-14-10-20(31-16(3)26)24(13-29-15(2)25)19(7-4-8-22(24)12-30-22)23(14)11-18(32-21(23)27)17-6-5-9-28-17/h5-6,9,14,18-20H,4,7-8,10-13H2,1-3H3/t14-,18+,19-,20-,22+,23-,24+/m1/s1. The predicted octanol–water partition coefficient (Wildman–Crippen LogP) is 3.34. The Labute approximate surface area is 186 Å². The van der Waals surface area contributed by atoms with Crippen molar-refractivity contribution in [1.29, 1.82) is 0 Å². The summed E-state index contributed by atoms with van der Waals surface area (Å²) in [5.41, 5.74) is -2.17. The molecule has 2 saturated heterocycles. The minimum atomic E-state index is -0.799. The maximum absolute atomic E-state index is 13.6. The first kappa shape index (κ1) is 21.5. The number of ether oxygens (including phenoxy) is 4. The number of hydrogen-bond acceptors (Lipinski definition) is 8. The monoisotopic (exact) mass is 446 g/mol. The zero-order valence-electron chi connectivity index (χ0n) is 18.8. The van der Waals surface area contributed by atoms with Gasteiger partial charge in [0, 0.05) is 20.3 Å². The molecular weight excluding hydrogens is 416 g/mol. The third kappa shape index (κ3) is 2.87. The molecule has 0 bridgehead atoms. The molecule has 7 atom stereocenters. The Morgan fingerprint density at radius 1 is 1.25 bits per heavy atom. The van der Waals surface area contributed by atoms with E-state index in [1.165, 1.54) is 13.8 Å². The van der Waals surface area contributed by atoms with Gasteiger partial charge in [-0.2, -0.15) is 0 Å². The summed E-state index contributed by atoms with van der Waals surface area (Å²) in [6.45, 7) is 5.35. The predicted molar refractivity (Wildman–Crippen MR) is 109 cm³/mol. The normalized spacial score (nSPS) is 42.4. The molecule has 0 unspecified atom stereocenters. The molecule has 8 heteroatoms. The summed E-state index contributed by atoms with van der Waals surface area (Å²) < 4.78 is 29.1. The van der Waals surface area contributed by atoms with Gasteiger partial charge in [0.15, 0.2) is 6.10 Å². The number of hydrogen-bond donors (Lipinski definition) is 0. The smallest absolute Gasteiger partial charge is 0.313 e. The molecule has 8 nitrogen and oxygen atoms in total. The van der Waals surface area contributed by atoms with Gasteiger partial charge in [-0.25, -0.2) is 0 Å². The van der Waals surface area contributed by atoms with Crippen LogP contribution in [0.2, 0.25) is 0 Å². The van der Waals surface area contributed by atoms with E-state index in [2.05, 4.69) is 0 Å². The van der Waals surface area contributed by atoms with Gasteiger partial charge in [0.1, 0.15) is 24.1 Å². The first-order chi connectivity index (χ1) is 15.2. The Morgan fingerprint density at radius 2 is 2.03 bits per heavy atom. The molecule has 4 fully saturated rings. The van der Waals surface area contributed by atoms with Gasteiger partial charge < -0.3 is 23.4 Å². The van der Waals surface area contributed by atoms with Gasteiger partial charge in [-0.1, -0.05) is 13.3 Å². The maximum atomic E-state index is 13.6. The largest absolute Gasteiger partial charge is 0.465 e. The molecule has 1 aromatic rings. The van der Waals surface area contributed by atoms with Gasteiger partial charge in [-0.3, -0.25) is 14.4 Å². The Kier molecular flexibility index (Phi) is 4.93. The topological polar surface area (TPSA) is 105 Å². The highest BCUT2D eigenvalue weighted by Crippen LogP contribution is 2.71. The van der Waals surface area contributed by atoms with Gasteiger partial charge in [0.05, 0.1) is 23.7 Å². The minimum Gasteiger partial charge on any atom is -0.465 e. The van der Waals surface area contributed by atoms with Crippen molar-refractivity contribution in [3.63, 3.8) is 0 Å². The average Bonchev–Trinajstić information content (AvgIpc) is 3.16. The summed E-state index contributed by atoms with van der Waals surface area (Å²) in [6, 6.07) is 3.61. The molecule has 0 amide bonds. The van der Waals surface area contributed by atoms with Crippen molar-refractivity contribution in [2.24, 2.45) is 22.7 Å². The molecule has 2 aliphatic carbocycles. The van der Waals surface area contributed by atoms with Crippen LogP contribution < -0.4 is 0 Å². The highest BCUT2D eigenvalue weighted by atomic mass is 16.6. The quantitative estimate of drug-likeness (QED) is 0.394. The Bertz CT molecular complexity index is 918. The minimum absolute atomic E-state index is 0.0537. The van der Waals surface area contributed by atoms with Crippen molar-refractivity contribution in [1.82, 2.24) is 0 Å². The van der Waals surface area contributed by atoms with Crippen molar-refractivity contribution >= 4 is 17.9 Å². The zero-order chi connectivity index (χ0) is 22.7. The molecule has 32 heavy (non-hydrogen) atoms. The second-order valence-corrected chi connectivity index (χ2v) is 9.94. The highest BCUT2D eigenvalue weighted by molar-refractivity contribution is 5.81. The summed E-state index contributed by atoms with van der Waals surface area (Å²) in [4.78, 5) is 37.6. The average molecular weight is 446 g/mol. The lowest BCUT2D eigenvalue weighted by Gasteiger charge is -2.61. The zero-order valence-corrected chi connectivity index (χ0v) is 18.8. The van der Waals surface area contributed by atoms with E-state index in [0.717, 1.165) is 19.3 Å². The Morgan fingerprint density at radius 3 is 2.66 bits per heavy atom. The van der Waals surface area contributed by atoms with E-state index in [0.29, 0.717) is 25.2 Å². The Balaban J connectivity index is 1.62. The molecule has 2 spiro atoms. The number of fused-ring (bicyclic) bond motifs is 3. The van der Waals surface area contributed by atoms with Crippen LogP contribution in [0.3, 0.4) is 0 Å². The van der Waals surface area contributed by atoms with Gasteiger partial charge in [0.2, 0.25) is 0 Å². The molecule has 0 N–H and O–H groups in total. The first-order valence-corrected chi connectivity index (χ1v) is 11.4. The summed E-state index contributed by atoms with van der Waals surface area (Å²) in [5.74, 6) is -0.722. The summed E-state index contributed by atoms with van der Waals surface area (Å²) >= 11 is 0. The van der Waals surface area contributed by atoms with Crippen molar-refractivity contribution in [2.75, 3.05) is 13.2 Å². The molecule has 0 aromatic carbocycles. The number of carbonyl (C=O) groups is 3. The van der Waals surface area contributed by atoms with E-state index in [9.17, 15) is 14.4 Å². The van der Waals surface area contributed by atoms with Gasteiger partial charge in [0.25, 0.3) is 0 Å². The summed E-state index contributed by atoms with van der Waals surface area (Å²) in [6.07, 6.45) is 3.97. The third-order valence-corrected chi connectivity index (χ3v) is 8.52. The lowest BCUT2D eigenvalue weighted by atomic mass is 9.42. The van der Waals surface area contributed by atoms with Crippen LogP contribution in [0, 0.1) is 22.7 Å². The first-order valence-electron chi connectivity index (χ1n) is 11.4. The molecule has 0 radical (unpaired) electrons. The molecule has 5 rings (SSSR count). The lowest BCUT2D eigenvalue weighted by Crippen LogP contribution is -2.68. The fraction of sp³-hybridized carbons (Fsp3) is 0.708. The van der Waals surface area contributed by atoms with Crippen LogP contribution in [0.15, 0.2) is 22.8 Å². The van der Waals surface area contributed by atoms with Gasteiger partial charge >= 0.3 is 17.9 Å². The number of carbonyl (C=O) groups excluding carboxylic acids is 3. The number of cyclic esters (lactones) is 1. The van der Waals surface area contributed by atoms with Gasteiger partial charge in [-0.15, -0.1) is 0 Å². The molecule has 2 aliphatic heterocycles. The van der Waals surface area contributed by atoms with Crippen LogP contribution in [0.25, 0.3) is 0 Å². The summed E-state index contributed by atoms with van der Waals surface area (Å²) in [7, 11) is 0. The van der Waals surface area contributed by atoms with Crippen molar-refractivity contribution in [2.45, 2.75) is 70.7 Å². The van der Waals surface area contributed by atoms with Crippen LogP contribution in [0.1, 0.15) is 64.7 Å². The van der Waals surface area contributed by atoms with E-state index < -0.39 is 34.6 Å². The number of esters is 3. The Hall–Kier alpha value is -2.35. The van der Waals surface area contributed by atoms with Crippen LogP contribution in [0.5, 0.6) is 0 Å². The van der Waals surface area contributed by atoms with Crippen LogP contribution >= 0.6 is 0 Å². The number of furan rings is 1. The summed E-state index contributed by atoms with van der Waals surface area (Å²) in [5, 5.41) is 0. The number of epoxide rings is 1. The van der Waals surface area contributed by atoms with Crippen LogP contribution in [-0.2, 0) is 33.3 Å². The van der Waals surface area contributed by atoms with Crippen LogP contribution in [0.4, 0.5) is 0 Å². The molecule has 1 aromatic heterocycles. The SMILES string of the molecule is CC(=O)OC[C@@]12[C@H](CCC[C@]13CO3)[C@@]1(C[C@@H](c3ccco3)OC1=O)[C@H](C)C[C@H]2OC(C)=O. The fourth-order valence-corrected chi connectivity index (χ4v) is 7.11. The third-order valence-electron chi connectivity index (χ3n) is 8.52. The number of rotatable bonds is 4. The maximum Gasteiger partial charge on any atom is 0.313 e. The second-order valence-electron chi connectivity index (χ2n) is 9.94. The molecule has 4 aliphatic rings. The van der Waals surface area contributed by atoms with Crippen molar-refractivity contribution in [3.05, 3.63) is 24.2 Å². The van der Waals surface area contributed by atoms with Gasteiger partial charge in [-0.05, 0) is 43.2 Å². The van der Waals surface area contributed by atoms with Crippen molar-refractivity contribution in [3.8, 4) is 0 Å². The molecule has 3 heterocycles. The molecule has 174 valence electrons. The van der Waals surface area contributed by atoms with E-state index >= 15 is 0 Å². The van der Waals surface area contributed by atoms with E-state index in [-0.39, 0.29) is 30.4 Å². The highest BCUT2D eigenvalue weighted by Gasteiger charge is 2.78. The van der Waals surface area contributed by atoms with E-state index in [4.69, 9.17) is 23.4 Å². The van der Waals surface area contributed by atoms with E-state index in [1.54, 1.807) is 12.3 Å². The van der Waals surface area contributed by atoms with Crippen LogP contribution in [-0.4, -0.2) is 42.8 Å². The molecule has 2 saturated carbocycles. The molecular formula is C24H30O8. The van der Waals surface area contributed by atoms with Crippen molar-refractivity contribution < 1.29 is 37.7 Å². The second kappa shape index (κ2) is 7.33. The van der Waals surface area contributed by atoms with E-state index in [1.807, 2.05) is 13.0 Å². The fourth-order valence-electron chi connectivity index (χ4n) is 7.11. The lowest BCUT2D eigenvalue weighted by molar-refractivity contribution is -0.228.